The predicted octanol–water partition coefficient (Wildman–Crippen LogP) is 2.40. The number of fused-ring (bicyclic) bond motifs is 1. The summed E-state index contributed by atoms with van der Waals surface area (Å²) in [5.41, 5.74) is 1.43. The van der Waals surface area contributed by atoms with Gasteiger partial charge in [-0.05, 0) is 26.2 Å². The Hall–Kier alpha value is -0.790. The lowest BCUT2D eigenvalue weighted by Gasteiger charge is -2.53. The third-order valence-corrected chi connectivity index (χ3v) is 3.80. The van der Waals surface area contributed by atoms with E-state index >= 15 is 0 Å². The highest BCUT2D eigenvalue weighted by molar-refractivity contribution is 5.90. The lowest BCUT2D eigenvalue weighted by Crippen LogP contribution is -2.62. The van der Waals surface area contributed by atoms with Gasteiger partial charge in [-0.3, -0.25) is 4.79 Å². The van der Waals surface area contributed by atoms with Crippen molar-refractivity contribution in [1.29, 1.82) is 0 Å². The Morgan fingerprint density at radius 3 is 3.00 bits per heavy atom. The lowest BCUT2D eigenvalue weighted by atomic mass is 9.60. The summed E-state index contributed by atoms with van der Waals surface area (Å²) in [6.07, 6.45) is 7.80. The highest BCUT2D eigenvalue weighted by atomic mass is 16.1. The maximum Gasteiger partial charge on any atom is 0.244 e. The molecule has 1 N–H and O–H groups in total. The van der Waals surface area contributed by atoms with E-state index in [9.17, 15) is 4.79 Å². The van der Waals surface area contributed by atoms with Gasteiger partial charge in [0, 0.05) is 17.5 Å². The van der Waals surface area contributed by atoms with Crippen molar-refractivity contribution in [1.82, 2.24) is 5.32 Å². The minimum Gasteiger partial charge on any atom is -0.347 e. The minimum absolute atomic E-state index is 0.120. The molecule has 1 saturated carbocycles. The van der Waals surface area contributed by atoms with Crippen molar-refractivity contribution in [2.75, 3.05) is 0 Å². The van der Waals surface area contributed by atoms with Gasteiger partial charge in [-0.25, -0.2) is 0 Å². The normalized spacial score (nSPS) is 35.4. The summed E-state index contributed by atoms with van der Waals surface area (Å²) in [7, 11) is 0. The van der Waals surface area contributed by atoms with Crippen molar-refractivity contribution in [3.63, 3.8) is 0 Å². The number of carbonyl (C=O) groups is 1. The van der Waals surface area contributed by atoms with E-state index in [1.165, 1.54) is 31.3 Å². The number of rotatable bonds is 3. The second-order valence-corrected chi connectivity index (χ2v) is 4.73. The van der Waals surface area contributed by atoms with E-state index in [-0.39, 0.29) is 11.4 Å². The first kappa shape index (κ1) is 9.75. The van der Waals surface area contributed by atoms with E-state index < -0.39 is 0 Å². The summed E-state index contributed by atoms with van der Waals surface area (Å²) in [6.45, 7) is 4.31. The van der Waals surface area contributed by atoms with Crippen LogP contribution in [-0.2, 0) is 4.79 Å². The van der Waals surface area contributed by atoms with Gasteiger partial charge < -0.3 is 5.32 Å². The molecule has 0 saturated heterocycles. The Bertz CT molecular complexity index is 282. The molecule has 0 radical (unpaired) electrons. The van der Waals surface area contributed by atoms with Gasteiger partial charge >= 0.3 is 0 Å². The molecule has 1 aliphatic heterocycles. The first-order valence-electron chi connectivity index (χ1n) is 5.68. The summed E-state index contributed by atoms with van der Waals surface area (Å²) < 4.78 is 0. The number of unbranched alkanes of at least 4 members (excludes halogenated alkanes) is 1. The van der Waals surface area contributed by atoms with E-state index in [4.69, 9.17) is 0 Å². The third-order valence-electron chi connectivity index (χ3n) is 3.80. The Morgan fingerprint density at radius 1 is 1.64 bits per heavy atom. The van der Waals surface area contributed by atoms with Crippen molar-refractivity contribution in [3.8, 4) is 0 Å². The van der Waals surface area contributed by atoms with Gasteiger partial charge in [-0.2, -0.15) is 0 Å². The molecule has 2 aliphatic rings. The van der Waals surface area contributed by atoms with Crippen molar-refractivity contribution >= 4 is 5.91 Å². The minimum atomic E-state index is 0.120. The van der Waals surface area contributed by atoms with Crippen LogP contribution in [0, 0.1) is 5.92 Å². The molecular formula is C12H19NO. The molecule has 2 atom stereocenters. The van der Waals surface area contributed by atoms with Crippen molar-refractivity contribution in [2.24, 2.45) is 5.92 Å². The molecule has 1 amide bonds. The van der Waals surface area contributed by atoms with Crippen molar-refractivity contribution in [2.45, 2.75) is 51.5 Å². The van der Waals surface area contributed by atoms with Crippen LogP contribution in [0.4, 0.5) is 0 Å². The number of hydrogen-bond donors (Lipinski definition) is 1. The molecule has 2 heteroatoms. The third kappa shape index (κ3) is 1.37. The van der Waals surface area contributed by atoms with Gasteiger partial charge in [0.15, 0.2) is 0 Å². The summed E-state index contributed by atoms with van der Waals surface area (Å²) in [4.78, 5) is 11.4. The molecule has 1 fully saturated rings. The van der Waals surface area contributed by atoms with Crippen molar-refractivity contribution in [3.05, 3.63) is 11.6 Å². The zero-order valence-corrected chi connectivity index (χ0v) is 9.10. The molecule has 2 nitrogen and oxygen atoms in total. The molecule has 1 heterocycles. The Balaban J connectivity index is 2.12. The van der Waals surface area contributed by atoms with Crippen LogP contribution in [0.2, 0.25) is 0 Å². The van der Waals surface area contributed by atoms with E-state index in [2.05, 4.69) is 19.2 Å². The zero-order chi connectivity index (χ0) is 10.2. The van der Waals surface area contributed by atoms with Gasteiger partial charge in [0.05, 0.1) is 0 Å². The molecule has 14 heavy (non-hydrogen) atoms. The Morgan fingerprint density at radius 2 is 2.43 bits per heavy atom. The van der Waals surface area contributed by atoms with Gasteiger partial charge in [-0.1, -0.05) is 25.3 Å². The fraction of sp³-hybridized carbons (Fsp3) is 0.750. The van der Waals surface area contributed by atoms with E-state index in [0.717, 1.165) is 6.42 Å². The summed E-state index contributed by atoms with van der Waals surface area (Å²) in [5, 5.41) is 3.18. The van der Waals surface area contributed by atoms with Crippen LogP contribution >= 0.6 is 0 Å². The van der Waals surface area contributed by atoms with Gasteiger partial charge in [0.2, 0.25) is 5.91 Å². The van der Waals surface area contributed by atoms with E-state index in [0.29, 0.717) is 5.92 Å². The zero-order valence-electron chi connectivity index (χ0n) is 9.10. The average Bonchev–Trinajstić information content (AvgIpc) is 2.08. The lowest BCUT2D eigenvalue weighted by molar-refractivity contribution is -0.122. The molecule has 0 aromatic rings. The maximum absolute atomic E-state index is 11.4. The van der Waals surface area contributed by atoms with Crippen LogP contribution in [-0.4, -0.2) is 11.4 Å². The second kappa shape index (κ2) is 3.41. The molecular weight excluding hydrogens is 174 g/mol. The van der Waals surface area contributed by atoms with Gasteiger partial charge in [0.1, 0.15) is 0 Å². The molecule has 0 spiro atoms. The number of amides is 1. The van der Waals surface area contributed by atoms with E-state index in [1.54, 1.807) is 6.08 Å². The second-order valence-electron chi connectivity index (χ2n) is 4.73. The van der Waals surface area contributed by atoms with Crippen LogP contribution in [0.25, 0.3) is 0 Å². The molecule has 0 unspecified atom stereocenters. The molecule has 78 valence electrons. The molecule has 2 rings (SSSR count). The molecule has 0 aromatic heterocycles. The first-order chi connectivity index (χ1) is 6.68. The number of nitrogens with one attached hydrogen (secondary N) is 1. The smallest absolute Gasteiger partial charge is 0.244 e. The fourth-order valence-corrected chi connectivity index (χ4v) is 2.89. The van der Waals surface area contributed by atoms with Crippen LogP contribution in [0.3, 0.4) is 0 Å². The van der Waals surface area contributed by atoms with E-state index in [1.807, 2.05) is 0 Å². The summed E-state index contributed by atoms with van der Waals surface area (Å²) >= 11 is 0. The Kier molecular flexibility index (Phi) is 2.38. The quantitative estimate of drug-likeness (QED) is 0.732. The highest BCUT2D eigenvalue weighted by Crippen LogP contribution is 2.47. The van der Waals surface area contributed by atoms with Crippen molar-refractivity contribution < 1.29 is 4.79 Å². The fourth-order valence-electron chi connectivity index (χ4n) is 2.89. The standard InChI is InChI=1S/C12H19NO/c1-3-4-6-12-7-5-10(12)9(2)8-11(14)13-12/h8,10H,3-7H2,1-2H3,(H,13,14)/t10-,12-/m1/s1. The van der Waals surface area contributed by atoms with Crippen LogP contribution in [0.5, 0.6) is 0 Å². The molecule has 0 aromatic carbocycles. The topological polar surface area (TPSA) is 29.1 Å². The van der Waals surface area contributed by atoms with Gasteiger partial charge in [-0.15, -0.1) is 0 Å². The van der Waals surface area contributed by atoms with Crippen LogP contribution < -0.4 is 5.32 Å². The van der Waals surface area contributed by atoms with Crippen LogP contribution in [0.1, 0.15) is 46.0 Å². The van der Waals surface area contributed by atoms with Gasteiger partial charge in [0.25, 0.3) is 0 Å². The largest absolute Gasteiger partial charge is 0.347 e. The van der Waals surface area contributed by atoms with Crippen LogP contribution in [0.15, 0.2) is 11.6 Å². The number of carbonyl (C=O) groups excluding carboxylic acids is 1. The summed E-state index contributed by atoms with van der Waals surface area (Å²) in [5.74, 6) is 0.751. The molecule has 1 aliphatic carbocycles. The summed E-state index contributed by atoms with van der Waals surface area (Å²) in [6, 6.07) is 0. The maximum atomic E-state index is 11.4. The predicted molar refractivity (Wildman–Crippen MR) is 56.9 cm³/mol. The monoisotopic (exact) mass is 193 g/mol. The first-order valence-corrected chi connectivity index (χ1v) is 5.68. The number of hydrogen-bond acceptors (Lipinski definition) is 1. The highest BCUT2D eigenvalue weighted by Gasteiger charge is 2.49. The average molecular weight is 193 g/mol. The SMILES string of the molecule is CCCC[C@@]12CC[C@@H]1C(C)=CC(=O)N2. The molecule has 0 bridgehead atoms. The Labute approximate surface area is 85.8 Å².